The van der Waals surface area contributed by atoms with Gasteiger partial charge < -0.3 is 10.1 Å². The Hall–Kier alpha value is -1.18. The zero-order valence-corrected chi connectivity index (χ0v) is 13.8. The summed E-state index contributed by atoms with van der Waals surface area (Å²) in [7, 11) is -3.64. The maximum atomic E-state index is 12.9. The average molecular weight is 313 g/mol. The van der Waals surface area contributed by atoms with Crippen LogP contribution in [0.5, 0.6) is 0 Å². The second-order valence-corrected chi connectivity index (χ2v) is 7.73. The van der Waals surface area contributed by atoms with Crippen LogP contribution in [0.25, 0.3) is 0 Å². The number of hydrogen-bond acceptors (Lipinski definition) is 5. The summed E-state index contributed by atoms with van der Waals surface area (Å²) in [6, 6.07) is 3.46. The Balaban J connectivity index is 2.38. The van der Waals surface area contributed by atoms with E-state index in [1.54, 1.807) is 12.1 Å². The molecule has 1 aliphatic rings. The third kappa shape index (κ3) is 3.53. The van der Waals surface area contributed by atoms with Crippen molar-refractivity contribution in [2.75, 3.05) is 25.0 Å². The maximum Gasteiger partial charge on any atom is 0.262 e. The molecule has 0 aliphatic carbocycles. The van der Waals surface area contributed by atoms with E-state index in [9.17, 15) is 8.42 Å². The minimum Gasteiger partial charge on any atom is -0.383 e. The fraction of sp³-hybridized carbons (Fsp3) is 0.643. The molecule has 0 bridgehead atoms. The Kier molecular flexibility index (Phi) is 4.55. The van der Waals surface area contributed by atoms with Crippen LogP contribution in [0.4, 0.5) is 5.69 Å². The van der Waals surface area contributed by atoms with Crippen molar-refractivity contribution in [2.45, 2.75) is 44.4 Å². The van der Waals surface area contributed by atoms with E-state index >= 15 is 0 Å². The number of nitrogens with one attached hydrogen (secondary N) is 1. The summed E-state index contributed by atoms with van der Waals surface area (Å²) in [5, 5.41) is 3.13. The summed E-state index contributed by atoms with van der Waals surface area (Å²) in [4.78, 5) is 4.08. The molecule has 0 amide bonds. The van der Waals surface area contributed by atoms with Crippen molar-refractivity contribution in [1.82, 2.24) is 9.29 Å². The molecule has 1 unspecified atom stereocenters. The predicted octanol–water partition coefficient (Wildman–Crippen LogP) is 1.70. The SMILES string of the molecule is CCNc1cccnc1S(=O)(=O)N1CC(C)OC(C)(C)C1. The zero-order chi connectivity index (χ0) is 15.7. The number of anilines is 1. The van der Waals surface area contributed by atoms with Gasteiger partial charge in [-0.15, -0.1) is 0 Å². The molecule has 1 N–H and O–H groups in total. The van der Waals surface area contributed by atoms with Gasteiger partial charge in [0.1, 0.15) is 0 Å². The molecule has 2 heterocycles. The summed E-state index contributed by atoms with van der Waals surface area (Å²) >= 11 is 0. The number of hydrogen-bond donors (Lipinski definition) is 1. The van der Waals surface area contributed by atoms with Crippen LogP contribution in [0.2, 0.25) is 0 Å². The standard InChI is InChI=1S/C14H23N3O3S/c1-5-15-12-7-6-8-16-13(12)21(18,19)17-9-11(2)20-14(3,4)10-17/h6-8,11,15H,5,9-10H2,1-4H3. The van der Waals surface area contributed by atoms with Crippen LogP contribution >= 0.6 is 0 Å². The maximum absolute atomic E-state index is 12.9. The fourth-order valence-electron chi connectivity index (χ4n) is 2.62. The van der Waals surface area contributed by atoms with E-state index < -0.39 is 15.6 Å². The predicted molar refractivity (Wildman–Crippen MR) is 81.8 cm³/mol. The quantitative estimate of drug-likeness (QED) is 0.916. The molecule has 1 atom stereocenters. The minimum absolute atomic E-state index is 0.0803. The number of aromatic nitrogens is 1. The van der Waals surface area contributed by atoms with Crippen molar-refractivity contribution in [2.24, 2.45) is 0 Å². The number of rotatable bonds is 4. The molecule has 1 aromatic heterocycles. The van der Waals surface area contributed by atoms with Crippen molar-refractivity contribution < 1.29 is 13.2 Å². The molecule has 1 aromatic rings. The lowest BCUT2D eigenvalue weighted by molar-refractivity contribution is -0.109. The number of sulfonamides is 1. The molecule has 1 fully saturated rings. The normalized spacial score (nSPS) is 23.0. The van der Waals surface area contributed by atoms with Gasteiger partial charge >= 0.3 is 0 Å². The molecule has 0 spiro atoms. The molecule has 0 aromatic carbocycles. The summed E-state index contributed by atoms with van der Waals surface area (Å²) in [5.74, 6) is 0. The summed E-state index contributed by atoms with van der Waals surface area (Å²) in [6.45, 7) is 8.90. The molecule has 7 heteroatoms. The monoisotopic (exact) mass is 313 g/mol. The highest BCUT2D eigenvalue weighted by Gasteiger charge is 2.39. The highest BCUT2D eigenvalue weighted by molar-refractivity contribution is 7.89. The van der Waals surface area contributed by atoms with E-state index in [0.717, 1.165) is 0 Å². The van der Waals surface area contributed by atoms with Gasteiger partial charge in [0.2, 0.25) is 0 Å². The average Bonchev–Trinajstić information content (AvgIpc) is 2.37. The minimum atomic E-state index is -3.64. The smallest absolute Gasteiger partial charge is 0.262 e. The molecule has 2 rings (SSSR count). The number of nitrogens with zero attached hydrogens (tertiary/aromatic N) is 2. The first kappa shape index (κ1) is 16.2. The lowest BCUT2D eigenvalue weighted by Gasteiger charge is -2.40. The molecule has 6 nitrogen and oxygen atoms in total. The number of pyridine rings is 1. The summed E-state index contributed by atoms with van der Waals surface area (Å²) in [6.07, 6.45) is 1.36. The molecular formula is C14H23N3O3S. The van der Waals surface area contributed by atoms with Gasteiger partial charge in [-0.1, -0.05) is 0 Å². The lowest BCUT2D eigenvalue weighted by atomic mass is 10.1. The van der Waals surface area contributed by atoms with Crippen molar-refractivity contribution in [3.05, 3.63) is 18.3 Å². The van der Waals surface area contributed by atoms with Crippen LogP contribution in [0.1, 0.15) is 27.7 Å². The van der Waals surface area contributed by atoms with Gasteiger partial charge in [-0.2, -0.15) is 4.31 Å². The summed E-state index contributed by atoms with van der Waals surface area (Å²) < 4.78 is 33.0. The van der Waals surface area contributed by atoms with Gasteiger partial charge in [-0.05, 0) is 39.8 Å². The Bertz CT molecular complexity index is 601. The Morgan fingerprint density at radius 2 is 2.24 bits per heavy atom. The third-order valence-electron chi connectivity index (χ3n) is 3.26. The molecule has 0 saturated carbocycles. The molecule has 118 valence electrons. The third-order valence-corrected chi connectivity index (χ3v) is 5.03. The lowest BCUT2D eigenvalue weighted by Crippen LogP contribution is -2.53. The second-order valence-electron chi connectivity index (χ2n) is 5.87. The van der Waals surface area contributed by atoms with Crippen molar-refractivity contribution in [1.29, 1.82) is 0 Å². The number of ether oxygens (including phenoxy) is 1. The second kappa shape index (κ2) is 5.90. The van der Waals surface area contributed by atoms with Gasteiger partial charge in [0.25, 0.3) is 10.0 Å². The van der Waals surface area contributed by atoms with E-state index in [4.69, 9.17) is 4.74 Å². The van der Waals surface area contributed by atoms with Gasteiger partial charge in [0, 0.05) is 25.8 Å². The van der Waals surface area contributed by atoms with Gasteiger partial charge in [0.15, 0.2) is 5.03 Å². The van der Waals surface area contributed by atoms with Crippen molar-refractivity contribution >= 4 is 15.7 Å². The topological polar surface area (TPSA) is 71.5 Å². The Morgan fingerprint density at radius 3 is 2.86 bits per heavy atom. The largest absolute Gasteiger partial charge is 0.383 e. The van der Waals surface area contributed by atoms with E-state index in [2.05, 4.69) is 10.3 Å². The fourth-order valence-corrected chi connectivity index (χ4v) is 4.37. The van der Waals surface area contributed by atoms with E-state index in [-0.39, 0.29) is 11.1 Å². The number of morpholine rings is 1. The Morgan fingerprint density at radius 1 is 1.52 bits per heavy atom. The van der Waals surface area contributed by atoms with Gasteiger partial charge in [-0.25, -0.2) is 13.4 Å². The zero-order valence-electron chi connectivity index (χ0n) is 13.0. The van der Waals surface area contributed by atoms with Crippen LogP contribution in [0, 0.1) is 0 Å². The first-order valence-electron chi connectivity index (χ1n) is 7.13. The molecule has 1 aliphatic heterocycles. The van der Waals surface area contributed by atoms with Crippen LogP contribution in [0.3, 0.4) is 0 Å². The van der Waals surface area contributed by atoms with Gasteiger partial charge in [-0.3, -0.25) is 0 Å². The van der Waals surface area contributed by atoms with Gasteiger partial charge in [0.05, 0.1) is 17.4 Å². The molecular weight excluding hydrogens is 290 g/mol. The molecule has 1 saturated heterocycles. The van der Waals surface area contributed by atoms with E-state index in [0.29, 0.717) is 25.3 Å². The van der Waals surface area contributed by atoms with E-state index in [1.807, 2.05) is 27.7 Å². The van der Waals surface area contributed by atoms with Crippen LogP contribution < -0.4 is 5.32 Å². The van der Waals surface area contributed by atoms with E-state index in [1.165, 1.54) is 10.5 Å². The first-order chi connectivity index (χ1) is 9.76. The van der Waals surface area contributed by atoms with Crippen LogP contribution in [0.15, 0.2) is 23.4 Å². The highest BCUT2D eigenvalue weighted by atomic mass is 32.2. The summed E-state index contributed by atoms with van der Waals surface area (Å²) in [5.41, 5.74) is 0.0367. The Labute approximate surface area is 126 Å². The van der Waals surface area contributed by atoms with Crippen molar-refractivity contribution in [3.63, 3.8) is 0 Å². The van der Waals surface area contributed by atoms with Crippen molar-refractivity contribution in [3.8, 4) is 0 Å². The van der Waals surface area contributed by atoms with Crippen LogP contribution in [-0.2, 0) is 14.8 Å². The first-order valence-corrected chi connectivity index (χ1v) is 8.57. The molecule has 21 heavy (non-hydrogen) atoms. The van der Waals surface area contributed by atoms with Crippen LogP contribution in [-0.4, -0.2) is 49.0 Å². The highest BCUT2D eigenvalue weighted by Crippen LogP contribution is 2.28. The molecule has 0 radical (unpaired) electrons.